The average Bonchev–Trinajstić information content (AvgIpc) is 2.69. The van der Waals surface area contributed by atoms with Crippen LogP contribution in [0, 0.1) is 5.82 Å². The molecular formula is C21H16ClF4N3S. The summed E-state index contributed by atoms with van der Waals surface area (Å²) in [5.41, 5.74) is 4.13. The van der Waals surface area contributed by atoms with Crippen LogP contribution in [0.1, 0.15) is 22.4 Å². The SMILES string of the molecule is NC(=S)NCC(c1ccccc1)(c1cc(F)cc(C(F)(F)F)c1)c1ccc(Cl)cn1. The van der Waals surface area contributed by atoms with Gasteiger partial charge in [-0.15, -0.1) is 0 Å². The molecule has 0 spiro atoms. The van der Waals surface area contributed by atoms with Crippen LogP contribution in [0.3, 0.4) is 0 Å². The average molecular weight is 454 g/mol. The first-order valence-electron chi connectivity index (χ1n) is 8.72. The second-order valence-corrected chi connectivity index (χ2v) is 7.45. The fourth-order valence-corrected chi connectivity index (χ4v) is 3.51. The smallest absolute Gasteiger partial charge is 0.376 e. The topological polar surface area (TPSA) is 50.9 Å². The van der Waals surface area contributed by atoms with Crippen molar-refractivity contribution < 1.29 is 17.6 Å². The monoisotopic (exact) mass is 453 g/mol. The number of nitrogens with two attached hydrogens (primary N) is 1. The molecule has 0 bridgehead atoms. The Morgan fingerprint density at radius 3 is 2.23 bits per heavy atom. The van der Waals surface area contributed by atoms with Crippen molar-refractivity contribution in [1.82, 2.24) is 10.3 Å². The summed E-state index contributed by atoms with van der Waals surface area (Å²) in [4.78, 5) is 4.34. The molecule has 3 N–H and O–H groups in total. The Morgan fingerprint density at radius 1 is 1.00 bits per heavy atom. The number of halogens is 5. The second kappa shape index (κ2) is 8.57. The Labute approximate surface area is 180 Å². The molecule has 1 aromatic heterocycles. The lowest BCUT2D eigenvalue weighted by Crippen LogP contribution is -2.45. The molecule has 0 radical (unpaired) electrons. The molecule has 3 nitrogen and oxygen atoms in total. The van der Waals surface area contributed by atoms with Crippen LogP contribution in [0.5, 0.6) is 0 Å². The highest BCUT2D eigenvalue weighted by atomic mass is 35.5. The number of hydrogen-bond donors (Lipinski definition) is 2. The quantitative estimate of drug-likeness (QED) is 0.419. The predicted molar refractivity (Wildman–Crippen MR) is 112 cm³/mol. The van der Waals surface area contributed by atoms with Gasteiger partial charge in [0.05, 0.1) is 21.7 Å². The Morgan fingerprint density at radius 2 is 1.67 bits per heavy atom. The van der Waals surface area contributed by atoms with Crippen molar-refractivity contribution in [3.8, 4) is 0 Å². The summed E-state index contributed by atoms with van der Waals surface area (Å²) in [6.45, 7) is -0.0538. The van der Waals surface area contributed by atoms with E-state index in [1.165, 1.54) is 6.20 Å². The van der Waals surface area contributed by atoms with Crippen molar-refractivity contribution >= 4 is 28.9 Å². The third-order valence-electron chi connectivity index (χ3n) is 4.68. The summed E-state index contributed by atoms with van der Waals surface area (Å²) in [6.07, 6.45) is -3.36. The van der Waals surface area contributed by atoms with Gasteiger partial charge in [0.15, 0.2) is 5.11 Å². The minimum absolute atomic E-state index is 0.0413. The summed E-state index contributed by atoms with van der Waals surface area (Å²) in [6, 6.07) is 14.2. The van der Waals surface area contributed by atoms with Gasteiger partial charge in [-0.2, -0.15) is 13.2 Å². The molecule has 0 aliphatic carbocycles. The van der Waals surface area contributed by atoms with Crippen molar-refractivity contribution in [3.05, 3.63) is 100 Å². The molecule has 0 saturated heterocycles. The molecule has 1 atom stereocenters. The van der Waals surface area contributed by atoms with E-state index in [-0.39, 0.29) is 17.2 Å². The van der Waals surface area contributed by atoms with E-state index in [0.717, 1.165) is 12.1 Å². The van der Waals surface area contributed by atoms with Gasteiger partial charge in [-0.3, -0.25) is 4.98 Å². The van der Waals surface area contributed by atoms with Crippen molar-refractivity contribution in [1.29, 1.82) is 0 Å². The Hall–Kier alpha value is -2.71. The highest BCUT2D eigenvalue weighted by Gasteiger charge is 2.40. The Kier molecular flexibility index (Phi) is 6.28. The van der Waals surface area contributed by atoms with E-state index >= 15 is 0 Å². The standard InChI is InChI=1S/C21H16ClF4N3S/c22-16-6-7-18(28-11-16)20(12-29-19(27)30,13-4-2-1-3-5-13)14-8-15(21(24,25)26)10-17(23)9-14/h1-11H,12H2,(H3,27,29,30). The highest BCUT2D eigenvalue weighted by molar-refractivity contribution is 7.80. The number of thiocarbonyl (C=S) groups is 1. The van der Waals surface area contributed by atoms with E-state index in [9.17, 15) is 17.6 Å². The number of nitrogens with one attached hydrogen (secondary N) is 1. The van der Waals surface area contributed by atoms with Crippen LogP contribution in [0.2, 0.25) is 5.02 Å². The molecule has 0 aliphatic rings. The second-order valence-electron chi connectivity index (χ2n) is 6.58. The van der Waals surface area contributed by atoms with Crippen molar-refractivity contribution in [2.75, 3.05) is 6.54 Å². The number of alkyl halides is 3. The van der Waals surface area contributed by atoms with Gasteiger partial charge in [-0.25, -0.2) is 4.39 Å². The third kappa shape index (κ3) is 4.55. The predicted octanol–water partition coefficient (Wildman–Crippen LogP) is 5.06. The van der Waals surface area contributed by atoms with Gasteiger partial charge in [0, 0.05) is 12.7 Å². The molecule has 1 unspecified atom stereocenters. The normalized spacial score (nSPS) is 13.5. The summed E-state index contributed by atoms with van der Waals surface area (Å²) in [7, 11) is 0. The molecule has 3 rings (SSSR count). The van der Waals surface area contributed by atoms with Crippen molar-refractivity contribution in [3.63, 3.8) is 0 Å². The van der Waals surface area contributed by atoms with Crippen LogP contribution in [0.15, 0.2) is 66.9 Å². The number of benzene rings is 2. The first-order valence-corrected chi connectivity index (χ1v) is 9.50. The number of hydrogen-bond acceptors (Lipinski definition) is 2. The zero-order valence-electron chi connectivity index (χ0n) is 15.4. The van der Waals surface area contributed by atoms with Gasteiger partial charge in [0.2, 0.25) is 0 Å². The van der Waals surface area contributed by atoms with Gasteiger partial charge in [0.1, 0.15) is 5.82 Å². The molecule has 156 valence electrons. The van der Waals surface area contributed by atoms with Gasteiger partial charge >= 0.3 is 6.18 Å². The molecule has 30 heavy (non-hydrogen) atoms. The molecule has 2 aromatic carbocycles. The molecule has 0 fully saturated rings. The highest BCUT2D eigenvalue weighted by Crippen LogP contribution is 2.41. The minimum Gasteiger partial charge on any atom is -0.376 e. The lowest BCUT2D eigenvalue weighted by molar-refractivity contribution is -0.137. The number of nitrogens with zero attached hydrogens (tertiary/aromatic N) is 1. The molecule has 9 heteroatoms. The molecule has 1 heterocycles. The van der Waals surface area contributed by atoms with Crippen molar-refractivity contribution in [2.24, 2.45) is 5.73 Å². The van der Waals surface area contributed by atoms with Crippen LogP contribution in [0.25, 0.3) is 0 Å². The fourth-order valence-electron chi connectivity index (χ4n) is 3.33. The van der Waals surface area contributed by atoms with Gasteiger partial charge in [0.25, 0.3) is 0 Å². The first-order chi connectivity index (χ1) is 14.1. The lowest BCUT2D eigenvalue weighted by Gasteiger charge is -2.35. The molecule has 0 aliphatic heterocycles. The largest absolute Gasteiger partial charge is 0.416 e. The molecular weight excluding hydrogens is 438 g/mol. The van der Waals surface area contributed by atoms with E-state index in [1.807, 2.05) is 0 Å². The number of rotatable bonds is 5. The van der Waals surface area contributed by atoms with Crippen molar-refractivity contribution in [2.45, 2.75) is 11.6 Å². The molecule has 0 amide bonds. The van der Waals surface area contributed by atoms with E-state index < -0.39 is 23.0 Å². The van der Waals surface area contributed by atoms with E-state index in [0.29, 0.717) is 22.3 Å². The lowest BCUT2D eigenvalue weighted by atomic mass is 9.71. The summed E-state index contributed by atoms with van der Waals surface area (Å²) < 4.78 is 54.7. The van der Waals surface area contributed by atoms with E-state index in [1.54, 1.807) is 42.5 Å². The molecule has 3 aromatic rings. The zero-order valence-corrected chi connectivity index (χ0v) is 17.0. The first kappa shape index (κ1) is 22.0. The maximum atomic E-state index is 14.4. The number of aromatic nitrogens is 1. The Bertz CT molecular complexity index is 1040. The van der Waals surface area contributed by atoms with E-state index in [2.05, 4.69) is 10.3 Å². The summed E-state index contributed by atoms with van der Waals surface area (Å²) >= 11 is 10.9. The van der Waals surface area contributed by atoms with Crippen LogP contribution in [-0.4, -0.2) is 16.6 Å². The Balaban J connectivity index is 2.37. The fraction of sp³-hybridized carbons (Fsp3) is 0.143. The van der Waals surface area contributed by atoms with E-state index in [4.69, 9.17) is 29.6 Å². The minimum atomic E-state index is -4.73. The van der Waals surface area contributed by atoms with Gasteiger partial charge in [-0.05, 0) is 53.7 Å². The van der Waals surface area contributed by atoms with Gasteiger partial charge < -0.3 is 11.1 Å². The summed E-state index contributed by atoms with van der Waals surface area (Å²) in [5.74, 6) is -1.02. The maximum absolute atomic E-state index is 14.4. The van der Waals surface area contributed by atoms with Crippen LogP contribution in [-0.2, 0) is 11.6 Å². The summed E-state index contributed by atoms with van der Waals surface area (Å²) in [5, 5.41) is 3.09. The zero-order chi connectivity index (χ0) is 21.9. The van der Waals surface area contributed by atoms with Crippen LogP contribution >= 0.6 is 23.8 Å². The molecule has 0 saturated carbocycles. The maximum Gasteiger partial charge on any atom is 0.416 e. The van der Waals surface area contributed by atoms with Gasteiger partial charge in [-0.1, -0.05) is 41.9 Å². The van der Waals surface area contributed by atoms with Crippen LogP contribution < -0.4 is 11.1 Å². The van der Waals surface area contributed by atoms with Crippen LogP contribution in [0.4, 0.5) is 17.6 Å². The number of pyridine rings is 1. The third-order valence-corrected chi connectivity index (χ3v) is 5.04.